The van der Waals surface area contributed by atoms with Gasteiger partial charge >= 0.3 is 0 Å². The number of carbonyl (C=O) groups excluding carboxylic acids is 1. The normalized spacial score (nSPS) is 10.0. The second kappa shape index (κ2) is 6.48. The van der Waals surface area contributed by atoms with Crippen LogP contribution < -0.4 is 0 Å². The van der Waals surface area contributed by atoms with E-state index in [9.17, 15) is 4.79 Å². The highest BCUT2D eigenvalue weighted by molar-refractivity contribution is 5.75. The molecule has 0 radical (unpaired) electrons. The van der Waals surface area contributed by atoms with Crippen molar-refractivity contribution in [3.63, 3.8) is 0 Å². The summed E-state index contributed by atoms with van der Waals surface area (Å²) in [7, 11) is 0. The largest absolute Gasteiger partial charge is 0.337 e. The second-order valence-electron chi connectivity index (χ2n) is 4.27. The minimum atomic E-state index is -0.0502. The summed E-state index contributed by atoms with van der Waals surface area (Å²) in [6.45, 7) is 3.21. The standard InChI is InChI=1S/C14H15N5O/c1-2-18(9-12-6-4-3-5-7-12)14(20)10-19-11-16-13(8-15)17-19/h3-7,11H,2,9-10H2,1H3. The Morgan fingerprint density at radius 2 is 2.15 bits per heavy atom. The van der Waals surface area contributed by atoms with Gasteiger partial charge in [-0.1, -0.05) is 30.3 Å². The maximum absolute atomic E-state index is 12.2. The van der Waals surface area contributed by atoms with E-state index in [-0.39, 0.29) is 18.3 Å². The van der Waals surface area contributed by atoms with Crippen molar-refractivity contribution in [1.29, 1.82) is 5.26 Å². The highest BCUT2D eigenvalue weighted by Gasteiger charge is 2.13. The van der Waals surface area contributed by atoms with Crippen molar-refractivity contribution < 1.29 is 4.79 Å². The SMILES string of the molecule is CCN(Cc1ccccc1)C(=O)Cn1cnc(C#N)n1. The Hall–Kier alpha value is -2.68. The van der Waals surface area contributed by atoms with Crippen LogP contribution in [0.1, 0.15) is 18.3 Å². The van der Waals surface area contributed by atoms with Crippen LogP contribution in [0.4, 0.5) is 0 Å². The molecule has 1 amide bonds. The molecule has 1 aromatic carbocycles. The topological polar surface area (TPSA) is 74.8 Å². The Morgan fingerprint density at radius 1 is 1.40 bits per heavy atom. The van der Waals surface area contributed by atoms with Crippen LogP contribution >= 0.6 is 0 Å². The van der Waals surface area contributed by atoms with Crippen LogP contribution in [-0.4, -0.2) is 32.1 Å². The second-order valence-corrected chi connectivity index (χ2v) is 4.27. The van der Waals surface area contributed by atoms with Crippen molar-refractivity contribution in [2.75, 3.05) is 6.54 Å². The van der Waals surface area contributed by atoms with E-state index >= 15 is 0 Å². The Morgan fingerprint density at radius 3 is 2.75 bits per heavy atom. The number of rotatable bonds is 5. The van der Waals surface area contributed by atoms with Gasteiger partial charge in [0.1, 0.15) is 18.9 Å². The molecule has 0 aliphatic heterocycles. The summed E-state index contributed by atoms with van der Waals surface area (Å²) >= 11 is 0. The van der Waals surface area contributed by atoms with E-state index in [2.05, 4.69) is 10.1 Å². The van der Waals surface area contributed by atoms with E-state index in [1.54, 1.807) is 4.90 Å². The molecule has 0 unspecified atom stereocenters. The lowest BCUT2D eigenvalue weighted by atomic mass is 10.2. The van der Waals surface area contributed by atoms with Gasteiger partial charge in [-0.15, -0.1) is 5.10 Å². The molecule has 20 heavy (non-hydrogen) atoms. The summed E-state index contributed by atoms with van der Waals surface area (Å²) in [5.41, 5.74) is 1.08. The molecule has 0 saturated carbocycles. The average molecular weight is 269 g/mol. The third-order valence-corrected chi connectivity index (χ3v) is 2.88. The summed E-state index contributed by atoms with van der Waals surface area (Å²) < 4.78 is 1.38. The molecule has 1 heterocycles. The minimum Gasteiger partial charge on any atom is -0.337 e. The van der Waals surface area contributed by atoms with Gasteiger partial charge < -0.3 is 4.90 Å². The zero-order valence-corrected chi connectivity index (χ0v) is 11.2. The van der Waals surface area contributed by atoms with E-state index in [1.165, 1.54) is 11.0 Å². The lowest BCUT2D eigenvalue weighted by Crippen LogP contribution is -2.33. The van der Waals surface area contributed by atoms with Crippen LogP contribution in [0, 0.1) is 11.3 Å². The first-order valence-electron chi connectivity index (χ1n) is 6.34. The average Bonchev–Trinajstić information content (AvgIpc) is 2.93. The van der Waals surface area contributed by atoms with Crippen molar-refractivity contribution >= 4 is 5.91 Å². The Labute approximate surface area is 117 Å². The zero-order chi connectivity index (χ0) is 14.4. The van der Waals surface area contributed by atoms with Crippen LogP contribution in [0.25, 0.3) is 0 Å². The number of likely N-dealkylation sites (N-methyl/N-ethyl adjacent to an activating group) is 1. The molecule has 6 heteroatoms. The molecular weight excluding hydrogens is 254 g/mol. The molecule has 2 aromatic rings. The number of carbonyl (C=O) groups is 1. The summed E-state index contributed by atoms with van der Waals surface area (Å²) in [6.07, 6.45) is 1.40. The van der Waals surface area contributed by atoms with E-state index in [0.29, 0.717) is 13.1 Å². The van der Waals surface area contributed by atoms with Crippen molar-refractivity contribution in [3.05, 3.63) is 48.0 Å². The highest BCUT2D eigenvalue weighted by atomic mass is 16.2. The number of nitrogens with zero attached hydrogens (tertiary/aromatic N) is 5. The molecule has 0 aliphatic carbocycles. The van der Waals surface area contributed by atoms with Gasteiger partial charge in [0, 0.05) is 13.1 Å². The van der Waals surface area contributed by atoms with E-state index in [4.69, 9.17) is 5.26 Å². The number of benzene rings is 1. The van der Waals surface area contributed by atoms with Crippen LogP contribution in [0.15, 0.2) is 36.7 Å². The first-order valence-corrected chi connectivity index (χ1v) is 6.34. The predicted octanol–water partition coefficient (Wildman–Crippen LogP) is 1.20. The third kappa shape index (κ3) is 3.42. The molecular formula is C14H15N5O. The van der Waals surface area contributed by atoms with Crippen LogP contribution in [0.2, 0.25) is 0 Å². The van der Waals surface area contributed by atoms with Crippen molar-refractivity contribution in [1.82, 2.24) is 19.7 Å². The molecule has 0 aliphatic rings. The number of aromatic nitrogens is 3. The van der Waals surface area contributed by atoms with Gasteiger partial charge in [-0.05, 0) is 12.5 Å². The van der Waals surface area contributed by atoms with Gasteiger partial charge in [-0.2, -0.15) is 5.26 Å². The van der Waals surface area contributed by atoms with Gasteiger partial charge in [0.2, 0.25) is 5.91 Å². The van der Waals surface area contributed by atoms with Crippen molar-refractivity contribution in [2.24, 2.45) is 0 Å². The Bertz CT molecular complexity index is 614. The van der Waals surface area contributed by atoms with E-state index in [1.807, 2.05) is 43.3 Å². The van der Waals surface area contributed by atoms with Crippen molar-refractivity contribution in [3.8, 4) is 6.07 Å². The quantitative estimate of drug-likeness (QED) is 0.817. The third-order valence-electron chi connectivity index (χ3n) is 2.88. The van der Waals surface area contributed by atoms with Gasteiger partial charge in [-0.3, -0.25) is 4.79 Å². The monoisotopic (exact) mass is 269 g/mol. The summed E-state index contributed by atoms with van der Waals surface area (Å²) in [6, 6.07) is 11.6. The molecule has 1 aromatic heterocycles. The lowest BCUT2D eigenvalue weighted by Gasteiger charge is -2.20. The van der Waals surface area contributed by atoms with Crippen LogP contribution in [0.5, 0.6) is 0 Å². The summed E-state index contributed by atoms with van der Waals surface area (Å²) in [5, 5.41) is 12.5. The zero-order valence-electron chi connectivity index (χ0n) is 11.2. The molecule has 2 rings (SSSR count). The highest BCUT2D eigenvalue weighted by Crippen LogP contribution is 2.05. The molecule has 0 atom stereocenters. The molecule has 0 saturated heterocycles. The van der Waals surface area contributed by atoms with Gasteiger partial charge in [-0.25, -0.2) is 9.67 Å². The first-order chi connectivity index (χ1) is 9.72. The smallest absolute Gasteiger partial charge is 0.252 e. The fraction of sp³-hybridized carbons (Fsp3) is 0.286. The molecule has 102 valence electrons. The number of nitriles is 1. The van der Waals surface area contributed by atoms with Gasteiger partial charge in [0.25, 0.3) is 5.82 Å². The van der Waals surface area contributed by atoms with Crippen molar-refractivity contribution in [2.45, 2.75) is 20.0 Å². The molecule has 0 fully saturated rings. The number of hydrogen-bond acceptors (Lipinski definition) is 4. The predicted molar refractivity (Wildman–Crippen MR) is 72.3 cm³/mol. The van der Waals surface area contributed by atoms with Crippen LogP contribution in [0.3, 0.4) is 0 Å². The van der Waals surface area contributed by atoms with Gasteiger partial charge in [0.05, 0.1) is 0 Å². The molecule has 0 bridgehead atoms. The maximum atomic E-state index is 12.2. The first kappa shape index (κ1) is 13.7. The molecule has 0 N–H and O–H groups in total. The Kier molecular flexibility index (Phi) is 4.45. The van der Waals surface area contributed by atoms with E-state index < -0.39 is 0 Å². The molecule has 0 spiro atoms. The van der Waals surface area contributed by atoms with Crippen LogP contribution in [-0.2, 0) is 17.9 Å². The summed E-state index contributed by atoms with van der Waals surface area (Å²) in [5.74, 6) is 0.0228. The van der Waals surface area contributed by atoms with Gasteiger partial charge in [0.15, 0.2) is 0 Å². The fourth-order valence-electron chi connectivity index (χ4n) is 1.84. The Balaban J connectivity index is 2.00. The number of hydrogen-bond donors (Lipinski definition) is 0. The lowest BCUT2D eigenvalue weighted by molar-refractivity contribution is -0.132. The summed E-state index contributed by atoms with van der Waals surface area (Å²) in [4.78, 5) is 17.7. The number of amides is 1. The minimum absolute atomic E-state index is 0.0502. The molecule has 6 nitrogen and oxygen atoms in total. The fourth-order valence-corrected chi connectivity index (χ4v) is 1.84. The maximum Gasteiger partial charge on any atom is 0.252 e. The van der Waals surface area contributed by atoms with E-state index in [0.717, 1.165) is 5.56 Å².